The number of hydrogen-bond donors (Lipinski definition) is 6. The largest absolute Gasteiger partial charge is 0.394 e. The van der Waals surface area contributed by atoms with E-state index in [1.165, 1.54) is 31.2 Å². The summed E-state index contributed by atoms with van der Waals surface area (Å²) in [6, 6.07) is 3.66. The molecule has 2 rings (SSSR count). The van der Waals surface area contributed by atoms with Crippen LogP contribution in [0.15, 0.2) is 29.2 Å². The maximum atomic E-state index is 12.4. The number of hydrogen-bond acceptors (Lipinski definition) is 8. The van der Waals surface area contributed by atoms with Gasteiger partial charge in [0.15, 0.2) is 6.29 Å². The molecule has 25 heavy (non-hydrogen) atoms. The van der Waals surface area contributed by atoms with Crippen molar-refractivity contribution in [3.05, 3.63) is 24.3 Å². The van der Waals surface area contributed by atoms with Crippen LogP contribution in [0.1, 0.15) is 6.92 Å². The highest BCUT2D eigenvalue weighted by atomic mass is 32.2. The van der Waals surface area contributed by atoms with E-state index in [0.29, 0.717) is 5.69 Å². The number of benzene rings is 1. The third-order valence-corrected chi connectivity index (χ3v) is 5.15. The molecule has 1 aliphatic rings. The fourth-order valence-electron chi connectivity index (χ4n) is 2.39. The van der Waals surface area contributed by atoms with Crippen molar-refractivity contribution in [1.29, 1.82) is 0 Å². The fraction of sp³-hybridized carbons (Fsp3) is 0.500. The van der Waals surface area contributed by atoms with Crippen LogP contribution >= 0.6 is 0 Å². The highest BCUT2D eigenvalue weighted by Gasteiger charge is 2.45. The molecule has 1 heterocycles. The third-order valence-electron chi connectivity index (χ3n) is 3.68. The first kappa shape index (κ1) is 19.7. The van der Waals surface area contributed by atoms with Crippen LogP contribution in [-0.4, -0.2) is 72.0 Å². The van der Waals surface area contributed by atoms with Gasteiger partial charge in [0.2, 0.25) is 15.9 Å². The first-order chi connectivity index (χ1) is 11.7. The van der Waals surface area contributed by atoms with Crippen molar-refractivity contribution in [2.45, 2.75) is 42.5 Å². The lowest BCUT2D eigenvalue weighted by Crippen LogP contribution is -2.64. The van der Waals surface area contributed by atoms with Crippen molar-refractivity contribution in [1.82, 2.24) is 4.72 Å². The van der Waals surface area contributed by atoms with Crippen LogP contribution in [0.3, 0.4) is 0 Å². The molecule has 1 saturated heterocycles. The Morgan fingerprint density at radius 1 is 1.16 bits per heavy atom. The van der Waals surface area contributed by atoms with Crippen LogP contribution in [0.4, 0.5) is 5.69 Å². The molecule has 1 fully saturated rings. The second-order valence-electron chi connectivity index (χ2n) is 5.58. The molecule has 0 spiro atoms. The maximum Gasteiger partial charge on any atom is 0.241 e. The normalized spacial score (nSPS) is 30.0. The first-order valence-electron chi connectivity index (χ1n) is 7.36. The smallest absolute Gasteiger partial charge is 0.241 e. The van der Waals surface area contributed by atoms with Gasteiger partial charge in [-0.25, -0.2) is 13.1 Å². The van der Waals surface area contributed by atoms with Crippen LogP contribution in [0.2, 0.25) is 0 Å². The van der Waals surface area contributed by atoms with Gasteiger partial charge in [-0.05, 0) is 24.3 Å². The molecule has 140 valence electrons. The Bertz CT molecular complexity index is 708. The van der Waals surface area contributed by atoms with Crippen LogP contribution in [0, 0.1) is 0 Å². The van der Waals surface area contributed by atoms with E-state index in [-0.39, 0.29) is 10.8 Å². The summed E-state index contributed by atoms with van der Waals surface area (Å²) >= 11 is 0. The predicted octanol–water partition coefficient (Wildman–Crippen LogP) is -2.28. The van der Waals surface area contributed by atoms with Crippen LogP contribution < -0.4 is 10.0 Å². The molecule has 6 N–H and O–H groups in total. The summed E-state index contributed by atoms with van der Waals surface area (Å²) in [7, 11) is -4.15. The molecule has 0 unspecified atom stereocenters. The Labute approximate surface area is 144 Å². The van der Waals surface area contributed by atoms with Gasteiger partial charge in [0, 0.05) is 12.6 Å². The van der Waals surface area contributed by atoms with Gasteiger partial charge in [-0.3, -0.25) is 4.79 Å². The predicted molar refractivity (Wildman–Crippen MR) is 84.8 cm³/mol. The number of aliphatic hydroxyl groups is 4. The molecule has 5 atom stereocenters. The molecule has 10 nitrogen and oxygen atoms in total. The van der Waals surface area contributed by atoms with Crippen molar-refractivity contribution >= 4 is 21.6 Å². The topological polar surface area (TPSA) is 165 Å². The molecule has 0 aromatic heterocycles. The van der Waals surface area contributed by atoms with E-state index >= 15 is 0 Å². The minimum atomic E-state index is -4.15. The summed E-state index contributed by atoms with van der Waals surface area (Å²) in [5, 5.41) is 41.1. The molecule has 0 aliphatic carbocycles. The lowest BCUT2D eigenvalue weighted by molar-refractivity contribution is -0.251. The van der Waals surface area contributed by atoms with Gasteiger partial charge in [-0.2, -0.15) is 0 Å². The molecular weight excluding hydrogens is 356 g/mol. The summed E-state index contributed by atoms with van der Waals surface area (Å²) < 4.78 is 31.7. The van der Waals surface area contributed by atoms with Crippen molar-refractivity contribution in [2.75, 3.05) is 11.9 Å². The molecule has 11 heteroatoms. The van der Waals surface area contributed by atoms with E-state index in [1.54, 1.807) is 0 Å². The number of sulfonamides is 1. The Morgan fingerprint density at radius 2 is 1.76 bits per heavy atom. The van der Waals surface area contributed by atoms with Gasteiger partial charge in [0.05, 0.1) is 11.5 Å². The summed E-state index contributed by atoms with van der Waals surface area (Å²) in [6.45, 7) is 0.655. The first-order valence-corrected chi connectivity index (χ1v) is 8.84. The summed E-state index contributed by atoms with van der Waals surface area (Å²) in [4.78, 5) is 10.8. The summed E-state index contributed by atoms with van der Waals surface area (Å²) in [6.07, 6.45) is -6.26. The highest BCUT2D eigenvalue weighted by molar-refractivity contribution is 7.89. The monoisotopic (exact) mass is 376 g/mol. The average Bonchev–Trinajstić information content (AvgIpc) is 2.55. The highest BCUT2D eigenvalue weighted by Crippen LogP contribution is 2.22. The Hall–Kier alpha value is -1.60. The fourth-order valence-corrected chi connectivity index (χ4v) is 3.64. The van der Waals surface area contributed by atoms with E-state index in [0.717, 1.165) is 0 Å². The number of anilines is 1. The quantitative estimate of drug-likeness (QED) is 0.334. The van der Waals surface area contributed by atoms with Crippen LogP contribution in [-0.2, 0) is 19.6 Å². The lowest BCUT2D eigenvalue weighted by Gasteiger charge is -2.40. The van der Waals surface area contributed by atoms with Crippen molar-refractivity contribution < 1.29 is 38.4 Å². The molecule has 1 aliphatic heterocycles. The third kappa shape index (κ3) is 4.52. The second-order valence-corrected chi connectivity index (χ2v) is 7.30. The number of rotatable bonds is 5. The van der Waals surface area contributed by atoms with Gasteiger partial charge in [0.1, 0.15) is 24.4 Å². The SMILES string of the molecule is CC(=O)Nc1ccc(S(=O)(=O)N[C@H]2[C@@H](O)[C@H](O)[C@H](CO)O[C@@H]2O)cc1. The van der Waals surface area contributed by atoms with Gasteiger partial charge < -0.3 is 30.5 Å². The van der Waals surface area contributed by atoms with E-state index in [9.17, 15) is 28.5 Å². The van der Waals surface area contributed by atoms with Crippen LogP contribution in [0.25, 0.3) is 0 Å². The Morgan fingerprint density at radius 3 is 2.28 bits per heavy atom. The minimum Gasteiger partial charge on any atom is -0.394 e. The minimum absolute atomic E-state index is 0.181. The molecule has 1 aromatic rings. The Balaban J connectivity index is 2.16. The van der Waals surface area contributed by atoms with E-state index in [1.807, 2.05) is 0 Å². The molecular formula is C14H20N2O8S. The van der Waals surface area contributed by atoms with E-state index in [2.05, 4.69) is 10.0 Å². The molecule has 0 bridgehead atoms. The number of carbonyl (C=O) groups is 1. The van der Waals surface area contributed by atoms with Crippen molar-refractivity contribution in [2.24, 2.45) is 0 Å². The molecule has 0 radical (unpaired) electrons. The van der Waals surface area contributed by atoms with Crippen LogP contribution in [0.5, 0.6) is 0 Å². The number of amides is 1. The zero-order valence-corrected chi connectivity index (χ0v) is 14.0. The summed E-state index contributed by atoms with van der Waals surface area (Å²) in [5.74, 6) is -0.313. The lowest BCUT2D eigenvalue weighted by atomic mass is 9.98. The molecule has 1 amide bonds. The molecule has 1 aromatic carbocycles. The van der Waals surface area contributed by atoms with E-state index < -0.39 is 47.3 Å². The van der Waals surface area contributed by atoms with E-state index in [4.69, 9.17) is 9.84 Å². The van der Waals surface area contributed by atoms with Gasteiger partial charge in [-0.1, -0.05) is 0 Å². The summed E-state index contributed by atoms with van der Waals surface area (Å²) in [5.41, 5.74) is 0.397. The number of carbonyl (C=O) groups excluding carboxylic acids is 1. The van der Waals surface area contributed by atoms with Crippen molar-refractivity contribution in [3.8, 4) is 0 Å². The number of ether oxygens (including phenoxy) is 1. The standard InChI is InChI=1S/C14H20N2O8S/c1-7(18)15-8-2-4-9(5-3-8)25(22,23)16-11-13(20)12(19)10(6-17)24-14(11)21/h2-5,10-14,16-17,19-21H,6H2,1H3,(H,15,18)/t10-,11-,12+,13+,14-/m0/s1. The average molecular weight is 376 g/mol. The molecule has 0 saturated carbocycles. The zero-order chi connectivity index (χ0) is 18.8. The van der Waals surface area contributed by atoms with Gasteiger partial charge in [-0.15, -0.1) is 0 Å². The number of aliphatic hydroxyl groups excluding tert-OH is 4. The maximum absolute atomic E-state index is 12.4. The van der Waals surface area contributed by atoms with Gasteiger partial charge in [0.25, 0.3) is 0 Å². The van der Waals surface area contributed by atoms with Gasteiger partial charge >= 0.3 is 0 Å². The Kier molecular flexibility index (Phi) is 6.11. The second kappa shape index (κ2) is 7.74. The van der Waals surface area contributed by atoms with Crippen molar-refractivity contribution in [3.63, 3.8) is 0 Å². The zero-order valence-electron chi connectivity index (χ0n) is 13.2. The number of nitrogens with one attached hydrogen (secondary N) is 2.